The topological polar surface area (TPSA) is 99.4 Å². The van der Waals surface area contributed by atoms with Crippen molar-refractivity contribution in [2.45, 2.75) is 29.9 Å². The Morgan fingerprint density at radius 1 is 0.971 bits per heavy atom. The van der Waals surface area contributed by atoms with Crippen LogP contribution in [0, 0.1) is 0 Å². The van der Waals surface area contributed by atoms with Crippen molar-refractivity contribution in [2.75, 3.05) is 13.1 Å². The van der Waals surface area contributed by atoms with E-state index in [1.165, 1.54) is 22.5 Å². The Morgan fingerprint density at radius 2 is 1.69 bits per heavy atom. The molecule has 1 aliphatic heterocycles. The molecule has 0 amide bonds. The van der Waals surface area contributed by atoms with Gasteiger partial charge in [-0.3, -0.25) is 0 Å². The zero-order valence-electron chi connectivity index (χ0n) is 18.8. The monoisotopic (exact) mass is 529 g/mol. The fraction of sp³-hybridized carbons (Fsp3) is 0.231. The fourth-order valence-corrected chi connectivity index (χ4v) is 6.70. The molecule has 0 saturated carbocycles. The second kappa shape index (κ2) is 9.58. The standard InChI is InChI=1S/C26H25Cl2N3O3S/c27-23-7-6-19(14-24(23)28)35(33,34)31-10-8-17(9-11-31)22-15-30-25-20(22)12-18(13-21(25)26(29)32)16-4-2-1-3-5-16/h1-7,12-15,17,26,30,32H,8-11,29H2. The first-order chi connectivity index (χ1) is 16.8. The minimum absolute atomic E-state index is 0.145. The van der Waals surface area contributed by atoms with E-state index in [0.29, 0.717) is 36.5 Å². The van der Waals surface area contributed by atoms with Crippen LogP contribution in [0.1, 0.15) is 36.1 Å². The second-order valence-electron chi connectivity index (χ2n) is 8.80. The smallest absolute Gasteiger partial charge is 0.243 e. The van der Waals surface area contributed by atoms with Crippen LogP contribution in [0.4, 0.5) is 0 Å². The molecule has 2 heterocycles. The minimum atomic E-state index is -3.66. The summed E-state index contributed by atoms with van der Waals surface area (Å²) in [6.07, 6.45) is 2.18. The molecule has 5 rings (SSSR count). The van der Waals surface area contributed by atoms with E-state index >= 15 is 0 Å². The van der Waals surface area contributed by atoms with Gasteiger partial charge in [-0.15, -0.1) is 0 Å². The lowest BCUT2D eigenvalue weighted by molar-refractivity contribution is 0.187. The van der Waals surface area contributed by atoms with Gasteiger partial charge in [-0.1, -0.05) is 53.5 Å². The van der Waals surface area contributed by atoms with Gasteiger partial charge in [0.2, 0.25) is 10.0 Å². The summed E-state index contributed by atoms with van der Waals surface area (Å²) >= 11 is 12.0. The predicted octanol–water partition coefficient (Wildman–Crippen LogP) is 5.66. The van der Waals surface area contributed by atoms with E-state index in [1.54, 1.807) is 0 Å². The average molecular weight is 530 g/mol. The van der Waals surface area contributed by atoms with Crippen LogP contribution in [-0.2, 0) is 10.0 Å². The largest absolute Gasteiger partial charge is 0.374 e. The summed E-state index contributed by atoms with van der Waals surface area (Å²) in [6, 6.07) is 18.4. The molecule has 0 aliphatic carbocycles. The van der Waals surface area contributed by atoms with Gasteiger partial charge >= 0.3 is 0 Å². The van der Waals surface area contributed by atoms with Crippen LogP contribution in [0.2, 0.25) is 10.0 Å². The zero-order valence-corrected chi connectivity index (χ0v) is 21.1. The van der Waals surface area contributed by atoms with E-state index in [9.17, 15) is 13.5 Å². The van der Waals surface area contributed by atoms with E-state index in [-0.39, 0.29) is 15.8 Å². The van der Waals surface area contributed by atoms with E-state index in [4.69, 9.17) is 28.9 Å². The van der Waals surface area contributed by atoms with Gasteiger partial charge in [-0.05, 0) is 65.8 Å². The van der Waals surface area contributed by atoms with Crippen LogP contribution >= 0.6 is 23.2 Å². The molecule has 1 saturated heterocycles. The fourth-order valence-electron chi connectivity index (χ4n) is 4.84. The molecule has 1 atom stereocenters. The molecule has 3 aromatic carbocycles. The summed E-state index contributed by atoms with van der Waals surface area (Å²) in [5, 5.41) is 11.8. The van der Waals surface area contributed by atoms with Crippen molar-refractivity contribution >= 4 is 44.1 Å². The zero-order chi connectivity index (χ0) is 24.7. The van der Waals surface area contributed by atoms with Crippen LogP contribution in [0.5, 0.6) is 0 Å². The maximum atomic E-state index is 13.2. The highest BCUT2D eigenvalue weighted by Crippen LogP contribution is 2.38. The average Bonchev–Trinajstić information content (AvgIpc) is 3.29. The van der Waals surface area contributed by atoms with Gasteiger partial charge in [-0.25, -0.2) is 8.42 Å². The lowest BCUT2D eigenvalue weighted by Crippen LogP contribution is -2.37. The first kappa shape index (κ1) is 24.3. The minimum Gasteiger partial charge on any atom is -0.374 e. The maximum Gasteiger partial charge on any atom is 0.243 e. The number of aromatic amines is 1. The van der Waals surface area contributed by atoms with E-state index in [1.807, 2.05) is 42.6 Å². The Morgan fingerprint density at radius 3 is 2.34 bits per heavy atom. The molecular formula is C26H25Cl2N3O3S. The Balaban J connectivity index is 1.44. The number of piperidine rings is 1. The number of hydrogen-bond acceptors (Lipinski definition) is 4. The summed E-state index contributed by atoms with van der Waals surface area (Å²) in [5.41, 5.74) is 10.4. The molecule has 9 heteroatoms. The van der Waals surface area contributed by atoms with Crippen LogP contribution < -0.4 is 5.73 Å². The highest BCUT2D eigenvalue weighted by molar-refractivity contribution is 7.89. The van der Waals surface area contributed by atoms with E-state index in [2.05, 4.69) is 11.1 Å². The highest BCUT2D eigenvalue weighted by atomic mass is 35.5. The van der Waals surface area contributed by atoms with Gasteiger partial charge in [-0.2, -0.15) is 4.31 Å². The lowest BCUT2D eigenvalue weighted by atomic mass is 9.88. The number of nitrogens with two attached hydrogens (primary N) is 1. The summed E-state index contributed by atoms with van der Waals surface area (Å²) in [7, 11) is -3.66. The Labute approximate surface area is 214 Å². The van der Waals surface area contributed by atoms with Crippen molar-refractivity contribution in [3.8, 4) is 11.1 Å². The van der Waals surface area contributed by atoms with Crippen molar-refractivity contribution < 1.29 is 13.5 Å². The third kappa shape index (κ3) is 4.60. The van der Waals surface area contributed by atoms with Gasteiger partial charge in [0.05, 0.1) is 20.5 Å². The van der Waals surface area contributed by atoms with Crippen molar-refractivity contribution in [1.29, 1.82) is 0 Å². The molecule has 1 aromatic heterocycles. The van der Waals surface area contributed by atoms with Gasteiger partial charge in [0.25, 0.3) is 0 Å². The van der Waals surface area contributed by atoms with Crippen LogP contribution in [-0.4, -0.2) is 35.9 Å². The Kier molecular flexibility index (Phi) is 6.65. The quantitative estimate of drug-likeness (QED) is 0.290. The third-order valence-electron chi connectivity index (χ3n) is 6.70. The summed E-state index contributed by atoms with van der Waals surface area (Å²) in [4.78, 5) is 3.44. The first-order valence-corrected chi connectivity index (χ1v) is 13.5. The van der Waals surface area contributed by atoms with Crippen LogP contribution in [0.25, 0.3) is 22.0 Å². The molecule has 35 heavy (non-hydrogen) atoms. The van der Waals surface area contributed by atoms with Gasteiger partial charge in [0, 0.05) is 30.2 Å². The molecular weight excluding hydrogens is 505 g/mol. The molecule has 1 unspecified atom stereocenters. The molecule has 0 bridgehead atoms. The second-order valence-corrected chi connectivity index (χ2v) is 11.5. The number of benzene rings is 3. The third-order valence-corrected chi connectivity index (χ3v) is 9.33. The normalized spacial score (nSPS) is 16.6. The summed E-state index contributed by atoms with van der Waals surface area (Å²) < 4.78 is 27.8. The summed E-state index contributed by atoms with van der Waals surface area (Å²) in [6.45, 7) is 0.787. The molecule has 6 nitrogen and oxygen atoms in total. The van der Waals surface area contributed by atoms with Crippen molar-refractivity contribution in [2.24, 2.45) is 5.73 Å². The number of aromatic nitrogens is 1. The number of fused-ring (bicyclic) bond motifs is 1. The number of aliphatic hydroxyl groups is 1. The van der Waals surface area contributed by atoms with E-state index < -0.39 is 16.3 Å². The molecule has 1 aliphatic rings. The first-order valence-electron chi connectivity index (χ1n) is 11.3. The molecule has 4 aromatic rings. The molecule has 0 spiro atoms. The summed E-state index contributed by atoms with van der Waals surface area (Å²) in [5.74, 6) is 0.165. The number of aliphatic hydroxyl groups excluding tert-OH is 1. The Hall–Kier alpha value is -2.39. The molecule has 1 fully saturated rings. The SMILES string of the molecule is NC(O)c1cc(-c2ccccc2)cc2c(C3CCN(S(=O)(=O)c4ccc(Cl)c(Cl)c4)CC3)c[nH]c12. The molecule has 4 N–H and O–H groups in total. The maximum absolute atomic E-state index is 13.2. The number of halogens is 2. The van der Waals surface area contributed by atoms with Gasteiger partial charge in [0.1, 0.15) is 6.23 Å². The number of sulfonamides is 1. The molecule has 182 valence electrons. The predicted molar refractivity (Wildman–Crippen MR) is 140 cm³/mol. The van der Waals surface area contributed by atoms with Crippen LogP contribution in [0.3, 0.4) is 0 Å². The number of hydrogen-bond donors (Lipinski definition) is 3. The van der Waals surface area contributed by atoms with Crippen LogP contribution in [0.15, 0.2) is 71.8 Å². The van der Waals surface area contributed by atoms with E-state index in [0.717, 1.165) is 27.6 Å². The molecule has 0 radical (unpaired) electrons. The number of nitrogens with zero attached hydrogens (tertiary/aromatic N) is 1. The highest BCUT2D eigenvalue weighted by Gasteiger charge is 2.31. The Bertz CT molecular complexity index is 1480. The van der Waals surface area contributed by atoms with Gasteiger partial charge in [0.15, 0.2) is 0 Å². The number of H-pyrrole nitrogens is 1. The lowest BCUT2D eigenvalue weighted by Gasteiger charge is -2.31. The van der Waals surface area contributed by atoms with Crippen molar-refractivity contribution in [3.63, 3.8) is 0 Å². The number of rotatable bonds is 5. The van der Waals surface area contributed by atoms with Gasteiger partial charge < -0.3 is 15.8 Å². The van der Waals surface area contributed by atoms with Crippen molar-refractivity contribution in [1.82, 2.24) is 9.29 Å². The number of nitrogens with one attached hydrogen (secondary N) is 1. The van der Waals surface area contributed by atoms with Crippen molar-refractivity contribution in [3.05, 3.63) is 88.0 Å².